The molecule has 0 atom stereocenters. The molecule has 0 radical (unpaired) electrons. The quantitative estimate of drug-likeness (QED) is 0.0675. The molecule has 0 spiro atoms. The summed E-state index contributed by atoms with van der Waals surface area (Å²) in [5.41, 5.74) is 6.76. The maximum Gasteiger partial charge on any atom is 0.167 e. The van der Waals surface area contributed by atoms with Gasteiger partial charge in [0.2, 0.25) is 0 Å². The van der Waals surface area contributed by atoms with Crippen LogP contribution in [0.3, 0.4) is 0 Å². The molecule has 0 aliphatic rings. The molecule has 0 amide bonds. The van der Waals surface area contributed by atoms with Crippen LogP contribution in [0.1, 0.15) is 103 Å². The van der Waals surface area contributed by atoms with Gasteiger partial charge in [-0.15, -0.1) is 0 Å². The zero-order valence-corrected chi connectivity index (χ0v) is 30.1. The molecule has 4 aromatic carbocycles. The Morgan fingerprint density at radius 2 is 1.00 bits per heavy atom. The molecule has 4 rings (SSSR count). The van der Waals surface area contributed by atoms with Crippen LogP contribution in [0.4, 0.5) is 0 Å². The number of carbonyl (C=O) groups is 1. The van der Waals surface area contributed by atoms with Gasteiger partial charge in [-0.3, -0.25) is 4.79 Å². The highest BCUT2D eigenvalue weighted by molar-refractivity contribution is 9.10. The van der Waals surface area contributed by atoms with Gasteiger partial charge in [-0.05, 0) is 83.8 Å². The Kier molecular flexibility index (Phi) is 16.8. The van der Waals surface area contributed by atoms with E-state index in [-0.39, 0.29) is 5.78 Å². The summed E-state index contributed by atoms with van der Waals surface area (Å²) in [6.45, 7) is 4.47. The van der Waals surface area contributed by atoms with Crippen molar-refractivity contribution in [3.05, 3.63) is 139 Å². The molecule has 0 unspecified atom stereocenters. The molecule has 4 heteroatoms. The van der Waals surface area contributed by atoms with Crippen molar-refractivity contribution < 1.29 is 4.79 Å². The molecule has 0 aliphatic heterocycles. The van der Waals surface area contributed by atoms with Gasteiger partial charge in [0.1, 0.15) is 0 Å². The first kappa shape index (κ1) is 36.0. The molecule has 0 aliphatic carbocycles. The highest BCUT2D eigenvalue weighted by atomic mass is 79.9. The third kappa shape index (κ3) is 13.7. The van der Waals surface area contributed by atoms with Crippen LogP contribution >= 0.6 is 43.5 Å². The standard InChI is InChI=1S/C20H22BrCl.C20H23BrO/c2*1-2-3-4-5-6-16-7-11-18(12-8-16)20(22)15-17-9-13-19(21)14-10-17/h7-15H,2-6H2,1H3;7-14H,2-6,15H2,1H3/b20-15-;. The third-order valence-corrected chi connectivity index (χ3v) is 8.97. The van der Waals surface area contributed by atoms with Gasteiger partial charge in [-0.25, -0.2) is 0 Å². The Hall–Kier alpha value is -2.46. The van der Waals surface area contributed by atoms with Gasteiger partial charge in [-0.1, -0.05) is 169 Å². The summed E-state index contributed by atoms with van der Waals surface area (Å²) in [5.74, 6) is 0.180. The number of aryl methyl sites for hydroxylation is 2. The van der Waals surface area contributed by atoms with Crippen LogP contribution in [0, 0.1) is 0 Å². The summed E-state index contributed by atoms with van der Waals surface area (Å²) < 4.78 is 2.12. The zero-order chi connectivity index (χ0) is 31.6. The smallest absolute Gasteiger partial charge is 0.167 e. The predicted octanol–water partition coefficient (Wildman–Crippen LogP) is 13.3. The number of ketones is 1. The van der Waals surface area contributed by atoms with E-state index in [4.69, 9.17) is 11.6 Å². The van der Waals surface area contributed by atoms with Crippen LogP contribution in [0.15, 0.2) is 106 Å². The van der Waals surface area contributed by atoms with E-state index in [1.54, 1.807) is 0 Å². The Bertz CT molecular complexity index is 1410. The molecule has 4 aromatic rings. The predicted molar refractivity (Wildman–Crippen MR) is 199 cm³/mol. The Balaban J connectivity index is 0.000000240. The maximum absolute atomic E-state index is 12.3. The fraction of sp³-hybridized carbons (Fsp3) is 0.325. The van der Waals surface area contributed by atoms with Crippen molar-refractivity contribution in [3.63, 3.8) is 0 Å². The summed E-state index contributed by atoms with van der Waals surface area (Å²) in [6, 6.07) is 32.8. The lowest BCUT2D eigenvalue weighted by molar-refractivity contribution is 0.0993. The van der Waals surface area contributed by atoms with E-state index in [2.05, 4.69) is 94.2 Å². The van der Waals surface area contributed by atoms with E-state index in [1.165, 1.54) is 62.5 Å². The van der Waals surface area contributed by atoms with Crippen LogP contribution in [-0.2, 0) is 19.3 Å². The number of halogens is 3. The normalized spacial score (nSPS) is 11.2. The van der Waals surface area contributed by atoms with Gasteiger partial charge < -0.3 is 0 Å². The van der Waals surface area contributed by atoms with Gasteiger partial charge in [-0.2, -0.15) is 0 Å². The third-order valence-electron chi connectivity index (χ3n) is 7.58. The minimum atomic E-state index is 0.180. The van der Waals surface area contributed by atoms with Crippen LogP contribution < -0.4 is 0 Å². The topological polar surface area (TPSA) is 17.1 Å². The number of benzene rings is 4. The van der Waals surface area contributed by atoms with Crippen LogP contribution in [0.5, 0.6) is 0 Å². The summed E-state index contributed by atoms with van der Waals surface area (Å²) in [4.78, 5) is 12.3. The van der Waals surface area contributed by atoms with Crippen molar-refractivity contribution in [2.24, 2.45) is 0 Å². The first-order valence-corrected chi connectivity index (χ1v) is 17.9. The Morgan fingerprint density at radius 3 is 1.48 bits per heavy atom. The van der Waals surface area contributed by atoms with Gasteiger partial charge in [0.15, 0.2) is 5.78 Å². The number of hydrogen-bond donors (Lipinski definition) is 0. The molecule has 232 valence electrons. The van der Waals surface area contributed by atoms with Crippen molar-refractivity contribution in [2.45, 2.75) is 84.5 Å². The number of unbranched alkanes of at least 4 members (excludes halogenated alkanes) is 6. The molecule has 0 saturated carbocycles. The molecule has 44 heavy (non-hydrogen) atoms. The second kappa shape index (κ2) is 20.5. The molecular formula is C40H45Br2ClO. The van der Waals surface area contributed by atoms with E-state index in [9.17, 15) is 4.79 Å². The summed E-state index contributed by atoms with van der Waals surface area (Å²) >= 11 is 13.3. The highest BCUT2D eigenvalue weighted by Crippen LogP contribution is 2.24. The minimum Gasteiger partial charge on any atom is -0.294 e. The lowest BCUT2D eigenvalue weighted by atomic mass is 10.00. The largest absolute Gasteiger partial charge is 0.294 e. The highest BCUT2D eigenvalue weighted by Gasteiger charge is 2.07. The number of hydrogen-bond acceptors (Lipinski definition) is 1. The molecule has 0 heterocycles. The summed E-state index contributed by atoms with van der Waals surface area (Å²) in [6.07, 6.45) is 15.1. The van der Waals surface area contributed by atoms with Gasteiger partial charge in [0, 0.05) is 26.0 Å². The van der Waals surface area contributed by atoms with Crippen LogP contribution in [-0.4, -0.2) is 5.78 Å². The van der Waals surface area contributed by atoms with Crippen molar-refractivity contribution >= 4 is 60.4 Å². The molecule has 0 saturated heterocycles. The van der Waals surface area contributed by atoms with E-state index < -0.39 is 0 Å². The van der Waals surface area contributed by atoms with E-state index in [1.807, 2.05) is 54.6 Å². The van der Waals surface area contributed by atoms with Gasteiger partial charge in [0.05, 0.1) is 0 Å². The molecule has 0 N–H and O–H groups in total. The Labute approximate surface area is 287 Å². The lowest BCUT2D eigenvalue weighted by Gasteiger charge is -2.05. The fourth-order valence-corrected chi connectivity index (χ4v) is 5.66. The number of Topliss-reactive ketones (excluding diaryl/α,β-unsaturated/α-hetero) is 1. The second-order valence-electron chi connectivity index (χ2n) is 11.3. The van der Waals surface area contributed by atoms with E-state index in [0.29, 0.717) is 6.42 Å². The van der Waals surface area contributed by atoms with Crippen molar-refractivity contribution in [2.75, 3.05) is 0 Å². The molecule has 0 fully saturated rings. The van der Waals surface area contributed by atoms with Gasteiger partial charge >= 0.3 is 0 Å². The summed E-state index contributed by atoms with van der Waals surface area (Å²) in [7, 11) is 0. The van der Waals surface area contributed by atoms with Crippen molar-refractivity contribution in [1.82, 2.24) is 0 Å². The average molecular weight is 737 g/mol. The maximum atomic E-state index is 12.3. The zero-order valence-electron chi connectivity index (χ0n) is 26.1. The summed E-state index contributed by atoms with van der Waals surface area (Å²) in [5, 5.41) is 0.778. The second-order valence-corrected chi connectivity index (χ2v) is 13.5. The number of rotatable bonds is 15. The first-order chi connectivity index (χ1) is 21.4. The number of carbonyl (C=O) groups excluding carboxylic acids is 1. The van der Waals surface area contributed by atoms with Gasteiger partial charge in [0.25, 0.3) is 0 Å². The first-order valence-electron chi connectivity index (χ1n) is 16.0. The van der Waals surface area contributed by atoms with Crippen molar-refractivity contribution in [3.8, 4) is 0 Å². The van der Waals surface area contributed by atoms with E-state index >= 15 is 0 Å². The monoisotopic (exact) mass is 734 g/mol. The van der Waals surface area contributed by atoms with E-state index in [0.717, 1.165) is 49.1 Å². The van der Waals surface area contributed by atoms with Crippen LogP contribution in [0.2, 0.25) is 0 Å². The SMILES string of the molecule is CCCCCCc1ccc(/C(Cl)=C/c2ccc(Br)cc2)cc1.CCCCCCc1ccc(C(=O)Cc2ccc(Br)cc2)cc1. The fourth-order valence-electron chi connectivity index (χ4n) is 4.88. The minimum absolute atomic E-state index is 0.180. The Morgan fingerprint density at radius 1 is 0.568 bits per heavy atom. The average Bonchev–Trinajstić information content (AvgIpc) is 3.04. The van der Waals surface area contributed by atoms with Crippen LogP contribution in [0.25, 0.3) is 11.1 Å². The molecule has 0 aromatic heterocycles. The molecular weight excluding hydrogens is 692 g/mol. The van der Waals surface area contributed by atoms with Crippen molar-refractivity contribution in [1.29, 1.82) is 0 Å². The molecule has 0 bridgehead atoms. The molecule has 1 nitrogen and oxygen atoms in total. The lowest BCUT2D eigenvalue weighted by Crippen LogP contribution is -2.03.